The number of hydrogen-bond donors (Lipinski definition) is 1. The van der Waals surface area contributed by atoms with Crippen molar-refractivity contribution in [1.82, 2.24) is 9.13 Å². The number of aromatic nitrogens is 2. The van der Waals surface area contributed by atoms with Crippen molar-refractivity contribution in [2.45, 2.75) is 0 Å². The smallest absolute Gasteiger partial charge is 0.352 e. The number of hydrogen-bond acceptors (Lipinski definition) is 1. The van der Waals surface area contributed by atoms with Gasteiger partial charge in [-0.25, -0.2) is 4.79 Å². The number of carboxylic acids is 1. The summed E-state index contributed by atoms with van der Waals surface area (Å²) in [6.45, 7) is 0. The van der Waals surface area contributed by atoms with Gasteiger partial charge in [0, 0.05) is 29.3 Å². The summed E-state index contributed by atoms with van der Waals surface area (Å²) in [5.74, 6) is -0.906. The third-order valence-corrected chi connectivity index (χ3v) is 3.99. The molecule has 1 aromatic carbocycles. The van der Waals surface area contributed by atoms with E-state index in [0.29, 0.717) is 5.69 Å². The van der Waals surface area contributed by atoms with Crippen LogP contribution in [0.25, 0.3) is 21.9 Å². The molecule has 18 heavy (non-hydrogen) atoms. The van der Waals surface area contributed by atoms with E-state index in [4.69, 9.17) is 5.11 Å². The van der Waals surface area contributed by atoms with Crippen molar-refractivity contribution in [3.63, 3.8) is 0 Å². The second-order valence-corrected chi connectivity index (χ2v) is 5.18. The molecule has 0 aliphatic carbocycles. The van der Waals surface area contributed by atoms with Crippen molar-refractivity contribution in [1.29, 1.82) is 0 Å². The van der Waals surface area contributed by atoms with Crippen molar-refractivity contribution in [3.8, 4) is 0 Å². The largest absolute Gasteiger partial charge is 0.477 e. The van der Waals surface area contributed by atoms with E-state index < -0.39 is 5.97 Å². The lowest BCUT2D eigenvalue weighted by atomic mass is 10.2. The predicted molar refractivity (Wildman–Crippen MR) is 74.1 cm³/mol. The monoisotopic (exact) mass is 306 g/mol. The van der Waals surface area contributed by atoms with Crippen molar-refractivity contribution in [3.05, 3.63) is 34.4 Å². The third kappa shape index (κ3) is 1.28. The Bertz CT molecular complexity index is 798. The van der Waals surface area contributed by atoms with Crippen LogP contribution in [0.5, 0.6) is 0 Å². The molecule has 0 atom stereocenters. The Balaban J connectivity index is 2.57. The van der Waals surface area contributed by atoms with Crippen LogP contribution in [-0.4, -0.2) is 20.2 Å². The molecule has 1 N–H and O–H groups in total. The molecule has 3 aromatic rings. The molecule has 2 heterocycles. The molecule has 3 rings (SSSR count). The number of nitrogens with zero attached hydrogens (tertiary/aromatic N) is 2. The van der Waals surface area contributed by atoms with Gasteiger partial charge in [-0.1, -0.05) is 12.1 Å². The lowest BCUT2D eigenvalue weighted by Crippen LogP contribution is -2.06. The first-order valence-corrected chi connectivity index (χ1v) is 6.27. The Morgan fingerprint density at radius 3 is 2.61 bits per heavy atom. The van der Waals surface area contributed by atoms with Crippen molar-refractivity contribution in [2.24, 2.45) is 14.1 Å². The minimum Gasteiger partial charge on any atom is -0.477 e. The summed E-state index contributed by atoms with van der Waals surface area (Å²) in [5.41, 5.74) is 2.29. The fourth-order valence-electron chi connectivity index (χ4n) is 2.58. The average Bonchev–Trinajstić information content (AvgIpc) is 2.78. The number of carboxylic acid groups (broad SMARTS) is 1. The van der Waals surface area contributed by atoms with E-state index >= 15 is 0 Å². The molecule has 5 heteroatoms. The number of aromatic carboxylic acids is 1. The van der Waals surface area contributed by atoms with Gasteiger partial charge in [-0.05, 0) is 28.1 Å². The molecule has 0 aliphatic heterocycles. The maximum absolute atomic E-state index is 11.2. The summed E-state index contributed by atoms with van der Waals surface area (Å²) in [6.07, 6.45) is 0. The number of aryl methyl sites for hydroxylation is 2. The quantitative estimate of drug-likeness (QED) is 0.751. The predicted octanol–water partition coefficient (Wildman–Crippen LogP) is 3.13. The van der Waals surface area contributed by atoms with E-state index in [2.05, 4.69) is 15.9 Å². The highest BCUT2D eigenvalue weighted by Gasteiger charge is 2.18. The Morgan fingerprint density at radius 1 is 1.22 bits per heavy atom. The zero-order valence-electron chi connectivity index (χ0n) is 9.94. The molecule has 0 fully saturated rings. The molecule has 4 nitrogen and oxygen atoms in total. The Hall–Kier alpha value is -1.75. The summed E-state index contributed by atoms with van der Waals surface area (Å²) >= 11 is 3.54. The molecule has 0 spiro atoms. The highest BCUT2D eigenvalue weighted by atomic mass is 79.9. The van der Waals surface area contributed by atoms with Crippen LogP contribution < -0.4 is 0 Å². The maximum atomic E-state index is 11.2. The van der Waals surface area contributed by atoms with Crippen LogP contribution in [0.15, 0.2) is 28.7 Å². The van der Waals surface area contributed by atoms with Gasteiger partial charge in [-0.15, -0.1) is 0 Å². The van der Waals surface area contributed by atoms with Gasteiger partial charge in [0.2, 0.25) is 0 Å². The number of benzene rings is 1. The molecule has 0 amide bonds. The molecular formula is C13H11BrN2O2. The van der Waals surface area contributed by atoms with Crippen LogP contribution in [-0.2, 0) is 14.1 Å². The SMILES string of the molecule is Cn1c(C(=O)O)cc2c3cccc(Br)c3n(C)c21. The second-order valence-electron chi connectivity index (χ2n) is 4.33. The lowest BCUT2D eigenvalue weighted by Gasteiger charge is -2.04. The van der Waals surface area contributed by atoms with Gasteiger partial charge in [0.15, 0.2) is 0 Å². The van der Waals surface area contributed by atoms with Crippen LogP contribution in [0, 0.1) is 0 Å². The summed E-state index contributed by atoms with van der Waals surface area (Å²) in [7, 11) is 3.72. The molecular weight excluding hydrogens is 296 g/mol. The van der Waals surface area contributed by atoms with Crippen molar-refractivity contribution < 1.29 is 9.90 Å². The Morgan fingerprint density at radius 2 is 1.94 bits per heavy atom. The molecule has 0 saturated carbocycles. The zero-order chi connectivity index (χ0) is 13.0. The Labute approximate surface area is 112 Å². The van der Waals surface area contributed by atoms with E-state index in [1.54, 1.807) is 17.7 Å². The van der Waals surface area contributed by atoms with Crippen molar-refractivity contribution in [2.75, 3.05) is 0 Å². The van der Waals surface area contributed by atoms with Crippen LogP contribution >= 0.6 is 15.9 Å². The molecule has 0 bridgehead atoms. The van der Waals surface area contributed by atoms with E-state index in [1.165, 1.54) is 0 Å². The lowest BCUT2D eigenvalue weighted by molar-refractivity contribution is 0.0687. The second kappa shape index (κ2) is 3.62. The molecule has 0 saturated heterocycles. The van der Waals surface area contributed by atoms with E-state index in [9.17, 15) is 4.79 Å². The molecule has 2 aromatic heterocycles. The van der Waals surface area contributed by atoms with Crippen LogP contribution in [0.4, 0.5) is 0 Å². The number of para-hydroxylation sites is 1. The summed E-state index contributed by atoms with van der Waals surface area (Å²) < 4.78 is 4.74. The first-order chi connectivity index (χ1) is 8.52. The highest BCUT2D eigenvalue weighted by Crippen LogP contribution is 2.34. The fourth-order valence-corrected chi connectivity index (χ4v) is 3.21. The third-order valence-electron chi connectivity index (χ3n) is 3.35. The van der Waals surface area contributed by atoms with Gasteiger partial charge in [0.1, 0.15) is 11.3 Å². The van der Waals surface area contributed by atoms with Gasteiger partial charge >= 0.3 is 5.97 Å². The maximum Gasteiger partial charge on any atom is 0.352 e. The molecule has 0 unspecified atom stereocenters. The topological polar surface area (TPSA) is 47.2 Å². The number of halogens is 1. The minimum absolute atomic E-state index is 0.303. The van der Waals surface area contributed by atoms with Crippen LogP contribution in [0.1, 0.15) is 10.5 Å². The summed E-state index contributed by atoms with van der Waals surface area (Å²) in [5, 5.41) is 11.2. The number of fused-ring (bicyclic) bond motifs is 3. The number of rotatable bonds is 1. The summed E-state index contributed by atoms with van der Waals surface area (Å²) in [4.78, 5) is 11.2. The van der Waals surface area contributed by atoms with Gasteiger partial charge in [0.05, 0.1) is 5.52 Å². The average molecular weight is 307 g/mol. The summed E-state index contributed by atoms with van der Waals surface area (Å²) in [6, 6.07) is 7.68. The van der Waals surface area contributed by atoms with Crippen molar-refractivity contribution >= 4 is 43.8 Å². The van der Waals surface area contributed by atoms with Gasteiger partial charge in [0.25, 0.3) is 0 Å². The van der Waals surface area contributed by atoms with Crippen LogP contribution in [0.3, 0.4) is 0 Å². The van der Waals surface area contributed by atoms with Gasteiger partial charge < -0.3 is 14.2 Å². The van der Waals surface area contributed by atoms with Gasteiger partial charge in [-0.3, -0.25) is 0 Å². The molecule has 0 aliphatic rings. The van der Waals surface area contributed by atoms with E-state index in [-0.39, 0.29) is 0 Å². The Kier molecular flexibility index (Phi) is 2.28. The highest BCUT2D eigenvalue weighted by molar-refractivity contribution is 9.10. The fraction of sp³-hybridized carbons (Fsp3) is 0.154. The first kappa shape index (κ1) is 11.3. The normalized spacial score (nSPS) is 11.5. The number of carbonyl (C=O) groups is 1. The minimum atomic E-state index is -0.906. The van der Waals surface area contributed by atoms with Crippen LogP contribution in [0.2, 0.25) is 0 Å². The van der Waals surface area contributed by atoms with E-state index in [0.717, 1.165) is 26.4 Å². The molecule has 92 valence electrons. The zero-order valence-corrected chi connectivity index (χ0v) is 11.5. The van der Waals surface area contributed by atoms with Gasteiger partial charge in [-0.2, -0.15) is 0 Å². The first-order valence-electron chi connectivity index (χ1n) is 5.48. The molecule has 0 radical (unpaired) electrons. The standard InChI is InChI=1S/C13H11BrN2O2/c1-15-10(13(17)18)6-8-7-4-3-5-9(14)11(7)16(2)12(8)15/h3-6H,1-2H3,(H,17,18). The van der Waals surface area contributed by atoms with E-state index in [1.807, 2.05) is 29.8 Å².